The molecule has 0 aliphatic rings. The van der Waals surface area contributed by atoms with Gasteiger partial charge in [0.05, 0.1) is 5.56 Å². The molecule has 17 heavy (non-hydrogen) atoms. The number of hydrogen-bond acceptors (Lipinski definition) is 3. The van der Waals surface area contributed by atoms with E-state index in [0.717, 1.165) is 11.3 Å². The van der Waals surface area contributed by atoms with Crippen molar-refractivity contribution < 1.29 is 9.90 Å². The van der Waals surface area contributed by atoms with Crippen molar-refractivity contribution in [3.05, 3.63) is 29.3 Å². The second kappa shape index (κ2) is 6.55. The lowest BCUT2D eigenvalue weighted by atomic mass is 10.1. The molecular weight excluding hydrogens is 234 g/mol. The third-order valence-electron chi connectivity index (χ3n) is 2.46. The van der Waals surface area contributed by atoms with Crippen molar-refractivity contribution >= 4 is 17.7 Å². The number of phenolic OH excluding ortho intramolecular Hbond substituents is 1. The molecule has 0 saturated carbocycles. The number of carbonyl (C=O) groups is 1. The van der Waals surface area contributed by atoms with Crippen molar-refractivity contribution in [3.63, 3.8) is 0 Å². The largest absolute Gasteiger partial charge is 0.507 e. The monoisotopic (exact) mass is 253 g/mol. The maximum Gasteiger partial charge on any atom is 0.255 e. The average molecular weight is 253 g/mol. The van der Waals surface area contributed by atoms with Crippen LogP contribution in [0.2, 0.25) is 0 Å². The predicted octanol–water partition coefficient (Wildman–Crippen LogP) is 2.43. The first-order valence-electron chi connectivity index (χ1n) is 5.61. The summed E-state index contributed by atoms with van der Waals surface area (Å²) in [6, 6.07) is 5.07. The molecule has 0 radical (unpaired) electrons. The van der Waals surface area contributed by atoms with Crippen LogP contribution in [0.4, 0.5) is 0 Å². The molecule has 1 amide bonds. The number of carbonyl (C=O) groups excluding carboxylic acids is 1. The Balaban J connectivity index is 2.58. The number of benzene rings is 1. The van der Waals surface area contributed by atoms with E-state index in [2.05, 4.69) is 12.2 Å². The van der Waals surface area contributed by atoms with Crippen LogP contribution in [0.1, 0.15) is 22.8 Å². The Labute approximate surface area is 107 Å². The van der Waals surface area contributed by atoms with E-state index in [9.17, 15) is 9.90 Å². The van der Waals surface area contributed by atoms with Crippen LogP contribution >= 0.6 is 11.8 Å². The molecule has 94 valence electrons. The van der Waals surface area contributed by atoms with E-state index in [0.29, 0.717) is 18.0 Å². The summed E-state index contributed by atoms with van der Waals surface area (Å²) in [6.07, 6.45) is 2.05. The maximum atomic E-state index is 11.8. The van der Waals surface area contributed by atoms with E-state index in [-0.39, 0.29) is 11.7 Å². The molecule has 2 N–H and O–H groups in total. The SMILES string of the molecule is CSCC(C)CNC(=O)c1ccc(C)cc1O. The molecule has 0 fully saturated rings. The molecule has 1 aromatic rings. The van der Waals surface area contributed by atoms with Gasteiger partial charge in [-0.2, -0.15) is 11.8 Å². The first-order valence-corrected chi connectivity index (χ1v) is 7.00. The van der Waals surface area contributed by atoms with Crippen molar-refractivity contribution in [1.82, 2.24) is 5.32 Å². The summed E-state index contributed by atoms with van der Waals surface area (Å²) < 4.78 is 0. The molecule has 0 aliphatic carbocycles. The minimum absolute atomic E-state index is 0.0417. The lowest BCUT2D eigenvalue weighted by Crippen LogP contribution is -2.29. The number of aryl methyl sites for hydroxylation is 1. The van der Waals surface area contributed by atoms with Gasteiger partial charge in [0.15, 0.2) is 0 Å². The predicted molar refractivity (Wildman–Crippen MR) is 72.7 cm³/mol. The fraction of sp³-hybridized carbons (Fsp3) is 0.462. The molecular formula is C13H19NO2S. The first kappa shape index (κ1) is 13.9. The number of thioether (sulfide) groups is 1. The van der Waals surface area contributed by atoms with Crippen LogP contribution in [0, 0.1) is 12.8 Å². The average Bonchev–Trinajstić information content (AvgIpc) is 2.26. The van der Waals surface area contributed by atoms with Crippen molar-refractivity contribution in [2.24, 2.45) is 5.92 Å². The van der Waals surface area contributed by atoms with Gasteiger partial charge in [0.2, 0.25) is 0 Å². The van der Waals surface area contributed by atoms with Gasteiger partial charge in [0.1, 0.15) is 5.75 Å². The minimum atomic E-state index is -0.213. The summed E-state index contributed by atoms with van der Waals surface area (Å²) in [4.78, 5) is 11.8. The molecule has 3 nitrogen and oxygen atoms in total. The summed E-state index contributed by atoms with van der Waals surface area (Å²) in [5.41, 5.74) is 1.28. The van der Waals surface area contributed by atoms with Crippen molar-refractivity contribution in [1.29, 1.82) is 0 Å². The highest BCUT2D eigenvalue weighted by molar-refractivity contribution is 7.98. The van der Waals surface area contributed by atoms with Crippen LogP contribution in [0.15, 0.2) is 18.2 Å². The highest BCUT2D eigenvalue weighted by atomic mass is 32.2. The Morgan fingerprint density at radius 2 is 2.24 bits per heavy atom. The summed E-state index contributed by atoms with van der Waals surface area (Å²) in [6.45, 7) is 4.60. The lowest BCUT2D eigenvalue weighted by molar-refractivity contribution is 0.0946. The highest BCUT2D eigenvalue weighted by Gasteiger charge is 2.11. The van der Waals surface area contributed by atoms with Gasteiger partial charge >= 0.3 is 0 Å². The summed E-state index contributed by atoms with van der Waals surface area (Å²) in [5.74, 6) is 1.28. The molecule has 1 aromatic carbocycles. The van der Waals surface area contributed by atoms with E-state index in [1.165, 1.54) is 0 Å². The van der Waals surface area contributed by atoms with Gasteiger partial charge in [-0.05, 0) is 42.5 Å². The molecule has 0 spiro atoms. The van der Waals surface area contributed by atoms with Crippen LogP contribution in [-0.2, 0) is 0 Å². The van der Waals surface area contributed by atoms with Gasteiger partial charge in [-0.1, -0.05) is 13.0 Å². The van der Waals surface area contributed by atoms with Crippen LogP contribution in [-0.4, -0.2) is 29.6 Å². The zero-order chi connectivity index (χ0) is 12.8. The molecule has 0 bridgehead atoms. The zero-order valence-electron chi connectivity index (χ0n) is 10.5. The molecule has 1 atom stereocenters. The standard InChI is InChI=1S/C13H19NO2S/c1-9-4-5-11(12(15)6-9)13(16)14-7-10(2)8-17-3/h4-6,10,15H,7-8H2,1-3H3,(H,14,16). The Morgan fingerprint density at radius 1 is 1.53 bits per heavy atom. The number of hydrogen-bond donors (Lipinski definition) is 2. The Morgan fingerprint density at radius 3 is 2.82 bits per heavy atom. The van der Waals surface area contributed by atoms with Crippen LogP contribution in [0.3, 0.4) is 0 Å². The van der Waals surface area contributed by atoms with E-state index >= 15 is 0 Å². The molecule has 0 heterocycles. The van der Waals surface area contributed by atoms with Gasteiger partial charge in [0, 0.05) is 6.54 Å². The van der Waals surface area contributed by atoms with Crippen molar-refractivity contribution in [3.8, 4) is 5.75 Å². The van der Waals surface area contributed by atoms with Gasteiger partial charge in [0.25, 0.3) is 5.91 Å². The number of nitrogens with one attached hydrogen (secondary N) is 1. The third-order valence-corrected chi connectivity index (χ3v) is 3.36. The molecule has 0 saturated heterocycles. The fourth-order valence-electron chi connectivity index (χ4n) is 1.54. The molecule has 4 heteroatoms. The number of phenols is 1. The molecule has 0 aliphatic heterocycles. The smallest absolute Gasteiger partial charge is 0.255 e. The first-order chi connectivity index (χ1) is 8.04. The highest BCUT2D eigenvalue weighted by Crippen LogP contribution is 2.18. The third kappa shape index (κ3) is 4.30. The fourth-order valence-corrected chi connectivity index (χ4v) is 2.23. The molecule has 0 aromatic heterocycles. The van der Waals surface area contributed by atoms with Gasteiger partial charge in [-0.3, -0.25) is 4.79 Å². The van der Waals surface area contributed by atoms with Gasteiger partial charge < -0.3 is 10.4 Å². The van der Waals surface area contributed by atoms with Gasteiger partial charge in [-0.25, -0.2) is 0 Å². The number of aromatic hydroxyl groups is 1. The van der Waals surface area contributed by atoms with Crippen LogP contribution < -0.4 is 5.32 Å². The molecule has 1 unspecified atom stereocenters. The maximum absolute atomic E-state index is 11.8. The van der Waals surface area contributed by atoms with E-state index < -0.39 is 0 Å². The zero-order valence-corrected chi connectivity index (χ0v) is 11.3. The van der Waals surface area contributed by atoms with Crippen LogP contribution in [0.25, 0.3) is 0 Å². The summed E-state index contributed by atoms with van der Waals surface area (Å²) in [7, 11) is 0. The Bertz CT molecular complexity index is 393. The minimum Gasteiger partial charge on any atom is -0.507 e. The summed E-state index contributed by atoms with van der Waals surface area (Å²) >= 11 is 1.76. The lowest BCUT2D eigenvalue weighted by Gasteiger charge is -2.12. The van der Waals surface area contributed by atoms with Crippen LogP contribution in [0.5, 0.6) is 5.75 Å². The quantitative estimate of drug-likeness (QED) is 0.847. The van der Waals surface area contributed by atoms with E-state index in [1.54, 1.807) is 23.9 Å². The van der Waals surface area contributed by atoms with Crippen molar-refractivity contribution in [2.75, 3.05) is 18.6 Å². The van der Waals surface area contributed by atoms with Crippen molar-refractivity contribution in [2.45, 2.75) is 13.8 Å². The Hall–Kier alpha value is -1.16. The molecule has 1 rings (SSSR count). The number of amides is 1. The topological polar surface area (TPSA) is 49.3 Å². The normalized spacial score (nSPS) is 12.2. The summed E-state index contributed by atoms with van der Waals surface area (Å²) in [5, 5.41) is 12.5. The van der Waals surface area contributed by atoms with E-state index in [4.69, 9.17) is 0 Å². The second-order valence-corrected chi connectivity index (χ2v) is 5.20. The number of rotatable bonds is 5. The second-order valence-electron chi connectivity index (χ2n) is 4.29. The van der Waals surface area contributed by atoms with E-state index in [1.807, 2.05) is 19.2 Å². The van der Waals surface area contributed by atoms with Gasteiger partial charge in [-0.15, -0.1) is 0 Å². The Kier molecular flexibility index (Phi) is 5.35.